The molecule has 2 heterocycles. The minimum atomic E-state index is -0.416. The monoisotopic (exact) mass is 275 g/mol. The first-order valence-electron chi connectivity index (χ1n) is 6.73. The van der Waals surface area contributed by atoms with Gasteiger partial charge in [0, 0.05) is 12.1 Å². The van der Waals surface area contributed by atoms with Gasteiger partial charge >= 0.3 is 13.2 Å². The third-order valence-electron chi connectivity index (χ3n) is 4.24. The highest BCUT2D eigenvalue weighted by molar-refractivity contribution is 6.62. The van der Waals surface area contributed by atoms with Crippen molar-refractivity contribution in [3.05, 3.63) is 23.8 Å². The van der Waals surface area contributed by atoms with Crippen molar-refractivity contribution in [2.75, 3.05) is 0 Å². The predicted octanol–water partition coefficient (Wildman–Crippen LogP) is 1.59. The summed E-state index contributed by atoms with van der Waals surface area (Å²) in [4.78, 5) is 11.2. The molecule has 1 saturated heterocycles. The lowest BCUT2D eigenvalue weighted by molar-refractivity contribution is 0.00578. The van der Waals surface area contributed by atoms with E-state index in [1.807, 2.05) is 39.8 Å². The van der Waals surface area contributed by atoms with E-state index in [0.29, 0.717) is 12.3 Å². The summed E-state index contributed by atoms with van der Waals surface area (Å²) in [6.07, 6.45) is -0.416. The summed E-state index contributed by atoms with van der Waals surface area (Å²) in [5.74, 6) is 0.592. The second-order valence-electron chi connectivity index (χ2n) is 6.20. The lowest BCUT2D eigenvalue weighted by Crippen LogP contribution is -2.41. The molecule has 0 radical (unpaired) electrons. The van der Waals surface area contributed by atoms with Gasteiger partial charge in [0.15, 0.2) is 0 Å². The highest BCUT2D eigenvalue weighted by atomic mass is 16.7. The van der Waals surface area contributed by atoms with Crippen LogP contribution in [-0.2, 0) is 15.9 Å². The zero-order chi connectivity index (χ0) is 14.5. The van der Waals surface area contributed by atoms with Gasteiger partial charge in [-0.2, -0.15) is 0 Å². The summed E-state index contributed by atoms with van der Waals surface area (Å²) in [6.45, 7) is 8.55. The fourth-order valence-electron chi connectivity index (χ4n) is 2.27. The Bertz CT molecular complexity index is 554. The number of fused-ring (bicyclic) bond motifs is 1. The normalized spacial score (nSPS) is 23.0. The fraction of sp³-hybridized carbons (Fsp3) is 0.500. The number of amides is 1. The van der Waals surface area contributed by atoms with E-state index in [0.717, 1.165) is 11.0 Å². The van der Waals surface area contributed by atoms with E-state index in [1.54, 1.807) is 6.07 Å². The highest BCUT2D eigenvalue weighted by Gasteiger charge is 2.51. The average molecular weight is 275 g/mol. The maximum atomic E-state index is 11.2. The molecule has 2 aliphatic rings. The van der Waals surface area contributed by atoms with E-state index in [4.69, 9.17) is 14.0 Å². The first-order valence-corrected chi connectivity index (χ1v) is 6.73. The van der Waals surface area contributed by atoms with Crippen molar-refractivity contribution >= 4 is 18.7 Å². The summed E-state index contributed by atoms with van der Waals surface area (Å²) in [5, 5.41) is 2.65. The molecule has 106 valence electrons. The molecular formula is C14H18BNO4. The molecule has 0 aliphatic carbocycles. The molecule has 0 atom stereocenters. The number of rotatable bonds is 1. The van der Waals surface area contributed by atoms with E-state index in [9.17, 15) is 4.79 Å². The number of benzene rings is 1. The van der Waals surface area contributed by atoms with Crippen LogP contribution in [0.25, 0.3) is 0 Å². The third kappa shape index (κ3) is 2.09. The van der Waals surface area contributed by atoms with Crippen LogP contribution < -0.4 is 15.5 Å². The smallest absolute Gasteiger partial charge is 0.410 e. The molecule has 3 rings (SSSR count). The molecule has 1 aromatic rings. The zero-order valence-electron chi connectivity index (χ0n) is 12.1. The van der Waals surface area contributed by atoms with Crippen LogP contribution in [0, 0.1) is 0 Å². The summed E-state index contributed by atoms with van der Waals surface area (Å²) >= 11 is 0. The van der Waals surface area contributed by atoms with Crippen LogP contribution in [0.15, 0.2) is 18.2 Å². The summed E-state index contributed by atoms with van der Waals surface area (Å²) in [6, 6.07) is 5.62. The van der Waals surface area contributed by atoms with Crippen molar-refractivity contribution in [1.82, 2.24) is 5.32 Å². The van der Waals surface area contributed by atoms with E-state index in [2.05, 4.69) is 5.32 Å². The third-order valence-corrected chi connectivity index (χ3v) is 4.24. The number of hydrogen-bond donors (Lipinski definition) is 1. The van der Waals surface area contributed by atoms with Crippen LogP contribution in [0.3, 0.4) is 0 Å². The topological polar surface area (TPSA) is 56.8 Å². The van der Waals surface area contributed by atoms with Crippen molar-refractivity contribution in [3.8, 4) is 5.75 Å². The van der Waals surface area contributed by atoms with Crippen LogP contribution in [-0.4, -0.2) is 24.4 Å². The molecule has 1 amide bonds. The molecule has 5 nitrogen and oxygen atoms in total. The van der Waals surface area contributed by atoms with Gasteiger partial charge in [0.2, 0.25) is 0 Å². The van der Waals surface area contributed by atoms with Gasteiger partial charge < -0.3 is 19.4 Å². The van der Waals surface area contributed by atoms with Gasteiger partial charge in [0.05, 0.1) is 11.2 Å². The molecule has 1 fully saturated rings. The van der Waals surface area contributed by atoms with Gasteiger partial charge in [-0.1, -0.05) is 12.1 Å². The predicted molar refractivity (Wildman–Crippen MR) is 75.0 cm³/mol. The molecule has 1 N–H and O–H groups in total. The van der Waals surface area contributed by atoms with E-state index < -0.39 is 13.2 Å². The molecular weight excluding hydrogens is 257 g/mol. The quantitative estimate of drug-likeness (QED) is 0.791. The Morgan fingerprint density at radius 1 is 1.15 bits per heavy atom. The molecule has 2 aliphatic heterocycles. The van der Waals surface area contributed by atoms with Gasteiger partial charge in [-0.15, -0.1) is 0 Å². The van der Waals surface area contributed by atoms with Gasteiger partial charge in [0.25, 0.3) is 0 Å². The lowest BCUT2D eigenvalue weighted by Gasteiger charge is -2.32. The van der Waals surface area contributed by atoms with E-state index in [1.165, 1.54) is 0 Å². The second kappa shape index (κ2) is 4.23. The molecule has 6 heteroatoms. The summed E-state index contributed by atoms with van der Waals surface area (Å²) < 4.78 is 17.1. The standard InChI is InChI=1S/C14H18BNO4/c1-13(2)14(3,4)20-15(19-13)10-5-6-11-9(7-10)8-16-12(17)18-11/h5-7H,8H2,1-4H3,(H,16,17). The number of carbonyl (C=O) groups excluding carboxylic acids is 1. The van der Waals surface area contributed by atoms with Crippen molar-refractivity contribution < 1.29 is 18.8 Å². The molecule has 0 spiro atoms. The lowest BCUT2D eigenvalue weighted by atomic mass is 9.78. The fourth-order valence-corrected chi connectivity index (χ4v) is 2.27. The maximum Gasteiger partial charge on any atom is 0.494 e. The highest BCUT2D eigenvalue weighted by Crippen LogP contribution is 2.36. The molecule has 0 unspecified atom stereocenters. The summed E-state index contributed by atoms with van der Waals surface area (Å²) in [7, 11) is -0.400. The Hall–Kier alpha value is -1.53. The average Bonchev–Trinajstić information content (AvgIpc) is 2.58. The Kier molecular flexibility index (Phi) is 2.85. The minimum absolute atomic E-state index is 0.363. The molecule has 20 heavy (non-hydrogen) atoms. The van der Waals surface area contributed by atoms with Gasteiger partial charge in [0.1, 0.15) is 5.75 Å². The molecule has 1 aromatic carbocycles. The first kappa shape index (κ1) is 13.5. The second-order valence-corrected chi connectivity index (χ2v) is 6.20. The zero-order valence-corrected chi connectivity index (χ0v) is 12.1. The van der Waals surface area contributed by atoms with Crippen molar-refractivity contribution in [2.45, 2.75) is 45.4 Å². The van der Waals surface area contributed by atoms with Crippen LogP contribution in [0.4, 0.5) is 4.79 Å². The van der Waals surface area contributed by atoms with Crippen LogP contribution in [0.1, 0.15) is 33.3 Å². The van der Waals surface area contributed by atoms with Gasteiger partial charge in [-0.25, -0.2) is 4.79 Å². The SMILES string of the molecule is CC1(C)OB(c2ccc3c(c2)CNC(=O)O3)OC1(C)C. The van der Waals surface area contributed by atoms with E-state index >= 15 is 0 Å². The maximum absolute atomic E-state index is 11.2. The Balaban J connectivity index is 1.88. The largest absolute Gasteiger partial charge is 0.494 e. The Morgan fingerprint density at radius 3 is 2.45 bits per heavy atom. The van der Waals surface area contributed by atoms with Crippen molar-refractivity contribution in [2.24, 2.45) is 0 Å². The van der Waals surface area contributed by atoms with Crippen LogP contribution in [0.5, 0.6) is 5.75 Å². The van der Waals surface area contributed by atoms with Crippen molar-refractivity contribution in [1.29, 1.82) is 0 Å². The first-order chi connectivity index (χ1) is 9.28. The van der Waals surface area contributed by atoms with Gasteiger partial charge in [-0.3, -0.25) is 0 Å². The van der Waals surface area contributed by atoms with Crippen molar-refractivity contribution in [3.63, 3.8) is 0 Å². The molecule has 0 bridgehead atoms. The minimum Gasteiger partial charge on any atom is -0.410 e. The number of ether oxygens (including phenoxy) is 1. The summed E-state index contributed by atoms with van der Waals surface area (Å²) in [5.41, 5.74) is 1.13. The number of carbonyl (C=O) groups is 1. The van der Waals surface area contributed by atoms with Crippen LogP contribution >= 0.6 is 0 Å². The molecule has 0 saturated carbocycles. The van der Waals surface area contributed by atoms with Gasteiger partial charge in [-0.05, 0) is 39.2 Å². The number of hydrogen-bond acceptors (Lipinski definition) is 4. The van der Waals surface area contributed by atoms with E-state index in [-0.39, 0.29) is 11.2 Å². The Morgan fingerprint density at radius 2 is 1.80 bits per heavy atom. The Labute approximate surface area is 118 Å². The molecule has 0 aromatic heterocycles. The number of nitrogens with one attached hydrogen (secondary N) is 1. The van der Waals surface area contributed by atoms with Crippen LogP contribution in [0.2, 0.25) is 0 Å².